The normalized spacial score (nSPS) is 10.7. The number of hydrogen-bond acceptors (Lipinski definition) is 8. The third kappa shape index (κ3) is 6.48. The van der Waals surface area contributed by atoms with E-state index in [0.29, 0.717) is 28.8 Å². The molecule has 0 radical (unpaired) electrons. The van der Waals surface area contributed by atoms with Gasteiger partial charge in [0.05, 0.1) is 36.4 Å². The summed E-state index contributed by atoms with van der Waals surface area (Å²) in [6.45, 7) is 6.10. The maximum Gasteiger partial charge on any atom is 0.338 e. The van der Waals surface area contributed by atoms with E-state index in [1.54, 1.807) is 43.3 Å². The number of carbonyl (C=O) groups is 3. The molecule has 2 N–H and O–H groups in total. The molecule has 0 saturated carbocycles. The van der Waals surface area contributed by atoms with E-state index in [4.69, 9.17) is 9.15 Å². The highest BCUT2D eigenvalue weighted by Crippen LogP contribution is 2.25. The van der Waals surface area contributed by atoms with Crippen LogP contribution < -0.4 is 10.6 Å². The molecule has 0 aliphatic rings. The molecule has 10 nitrogen and oxygen atoms in total. The molecule has 4 aromatic rings. The lowest BCUT2D eigenvalue weighted by atomic mass is 10.1. The number of rotatable bonds is 10. The summed E-state index contributed by atoms with van der Waals surface area (Å²) in [6, 6.07) is 15.7. The second kappa shape index (κ2) is 12.2. The number of nitrogens with one attached hydrogen (secondary N) is 2. The molecule has 0 atom stereocenters. The molecule has 0 aliphatic heterocycles. The lowest BCUT2D eigenvalue weighted by Gasteiger charge is -2.14. The fraction of sp³-hybridized carbons (Fsp3) is 0.222. The van der Waals surface area contributed by atoms with E-state index in [9.17, 15) is 14.4 Å². The Morgan fingerprint density at radius 1 is 1.05 bits per heavy atom. The molecule has 11 heteroatoms. The lowest BCUT2D eigenvalue weighted by molar-refractivity contribution is -0.113. The van der Waals surface area contributed by atoms with Crippen LogP contribution in [-0.4, -0.2) is 44.9 Å². The number of furan rings is 1. The Balaban J connectivity index is 1.48. The topological polar surface area (TPSA) is 128 Å². The summed E-state index contributed by atoms with van der Waals surface area (Å²) in [5.74, 6) is -0.250. The monoisotopic (exact) mass is 533 g/mol. The molecule has 0 saturated heterocycles. The van der Waals surface area contributed by atoms with Crippen molar-refractivity contribution in [2.45, 2.75) is 32.5 Å². The van der Waals surface area contributed by atoms with Crippen LogP contribution in [-0.2, 0) is 16.1 Å². The van der Waals surface area contributed by atoms with E-state index in [-0.39, 0.29) is 29.9 Å². The number of nitrogens with zero attached hydrogens (tertiary/aromatic N) is 3. The van der Waals surface area contributed by atoms with Crippen LogP contribution in [0.15, 0.2) is 70.4 Å². The Morgan fingerprint density at radius 3 is 2.55 bits per heavy atom. The molecule has 4 rings (SSSR count). The van der Waals surface area contributed by atoms with Gasteiger partial charge in [-0.2, -0.15) is 0 Å². The third-order valence-corrected chi connectivity index (χ3v) is 6.40. The summed E-state index contributed by atoms with van der Waals surface area (Å²) in [7, 11) is 0. The maximum absolute atomic E-state index is 12.7. The van der Waals surface area contributed by atoms with Crippen LogP contribution in [0.4, 0.5) is 5.69 Å². The van der Waals surface area contributed by atoms with Gasteiger partial charge >= 0.3 is 5.97 Å². The molecule has 0 unspecified atom stereocenters. The van der Waals surface area contributed by atoms with E-state index in [1.807, 2.05) is 36.6 Å². The van der Waals surface area contributed by atoms with Gasteiger partial charge < -0.3 is 19.8 Å². The van der Waals surface area contributed by atoms with Crippen molar-refractivity contribution in [2.75, 3.05) is 17.7 Å². The first kappa shape index (κ1) is 26.7. The van der Waals surface area contributed by atoms with Crippen LogP contribution in [0.1, 0.15) is 44.8 Å². The number of thioether (sulfide) groups is 1. The highest BCUT2D eigenvalue weighted by molar-refractivity contribution is 7.99. The summed E-state index contributed by atoms with van der Waals surface area (Å²) < 4.78 is 12.0. The highest BCUT2D eigenvalue weighted by Gasteiger charge is 2.19. The zero-order chi connectivity index (χ0) is 27.1. The first-order valence-electron chi connectivity index (χ1n) is 11.9. The van der Waals surface area contributed by atoms with Crippen molar-refractivity contribution in [3.8, 4) is 5.69 Å². The minimum atomic E-state index is -0.414. The SMILES string of the molecule is CCOC(=O)c1ccc(NC(=O)CSc2nnc(CNC(=O)c3ccco3)n2-c2cc(C)ccc2C)cc1. The average molecular weight is 534 g/mol. The van der Waals surface area contributed by atoms with Crippen molar-refractivity contribution in [3.05, 3.63) is 89.1 Å². The van der Waals surface area contributed by atoms with Gasteiger partial charge in [-0.25, -0.2) is 4.79 Å². The summed E-state index contributed by atoms with van der Waals surface area (Å²) in [5, 5.41) is 14.7. The molecule has 2 amide bonds. The summed E-state index contributed by atoms with van der Waals surface area (Å²) in [5.41, 5.74) is 3.86. The van der Waals surface area contributed by atoms with Crippen LogP contribution in [0.3, 0.4) is 0 Å². The number of amides is 2. The van der Waals surface area contributed by atoms with Crippen molar-refractivity contribution in [1.82, 2.24) is 20.1 Å². The minimum Gasteiger partial charge on any atom is -0.462 e. The number of anilines is 1. The molecule has 0 spiro atoms. The smallest absolute Gasteiger partial charge is 0.338 e. The Labute approximate surface area is 223 Å². The van der Waals surface area contributed by atoms with Gasteiger partial charge in [-0.1, -0.05) is 23.9 Å². The Bertz CT molecular complexity index is 1430. The molecule has 2 aromatic carbocycles. The number of aromatic nitrogens is 3. The van der Waals surface area contributed by atoms with Crippen molar-refractivity contribution in [3.63, 3.8) is 0 Å². The quantitative estimate of drug-likeness (QED) is 0.228. The fourth-order valence-corrected chi connectivity index (χ4v) is 4.36. The molecule has 38 heavy (non-hydrogen) atoms. The van der Waals surface area contributed by atoms with Crippen LogP contribution in [0.5, 0.6) is 0 Å². The second-order valence-corrected chi connectivity index (χ2v) is 9.26. The van der Waals surface area contributed by atoms with E-state index in [2.05, 4.69) is 20.8 Å². The van der Waals surface area contributed by atoms with Gasteiger partial charge in [0.2, 0.25) is 5.91 Å². The molecule has 2 aromatic heterocycles. The van der Waals surface area contributed by atoms with E-state index in [0.717, 1.165) is 16.8 Å². The number of aryl methyl sites for hydroxylation is 2. The van der Waals surface area contributed by atoms with Crippen LogP contribution in [0.25, 0.3) is 5.69 Å². The maximum atomic E-state index is 12.7. The van der Waals surface area contributed by atoms with Gasteiger partial charge in [0.25, 0.3) is 5.91 Å². The number of hydrogen-bond donors (Lipinski definition) is 2. The summed E-state index contributed by atoms with van der Waals surface area (Å²) in [4.78, 5) is 36.9. The molecular weight excluding hydrogens is 506 g/mol. The van der Waals surface area contributed by atoms with Gasteiger partial charge in [0.1, 0.15) is 0 Å². The zero-order valence-corrected chi connectivity index (χ0v) is 22.0. The predicted octanol–water partition coefficient (Wildman–Crippen LogP) is 4.31. The largest absolute Gasteiger partial charge is 0.462 e. The molecule has 0 fully saturated rings. The standard InChI is InChI=1S/C27H27N5O5S/c1-4-36-26(35)19-9-11-20(12-10-19)29-24(33)16-38-27-31-30-23(15-28-25(34)22-6-5-13-37-22)32(27)21-14-17(2)7-8-18(21)3/h5-14H,4,15-16H2,1-3H3,(H,28,34)(H,29,33). The number of ether oxygens (including phenoxy) is 1. The van der Waals surface area contributed by atoms with Crippen LogP contribution >= 0.6 is 11.8 Å². The van der Waals surface area contributed by atoms with E-state index >= 15 is 0 Å². The second-order valence-electron chi connectivity index (χ2n) is 8.32. The van der Waals surface area contributed by atoms with Crippen molar-refractivity contribution in [2.24, 2.45) is 0 Å². The van der Waals surface area contributed by atoms with Gasteiger partial charge in [0.15, 0.2) is 16.7 Å². The zero-order valence-electron chi connectivity index (χ0n) is 21.2. The van der Waals surface area contributed by atoms with E-state index < -0.39 is 5.97 Å². The van der Waals surface area contributed by atoms with Gasteiger partial charge in [-0.15, -0.1) is 10.2 Å². The first-order chi connectivity index (χ1) is 18.4. The van der Waals surface area contributed by atoms with Crippen molar-refractivity contribution < 1.29 is 23.5 Å². The molecule has 0 aliphatic carbocycles. The van der Waals surface area contributed by atoms with Crippen LogP contribution in [0.2, 0.25) is 0 Å². The predicted molar refractivity (Wildman–Crippen MR) is 142 cm³/mol. The van der Waals surface area contributed by atoms with E-state index in [1.165, 1.54) is 18.0 Å². The van der Waals surface area contributed by atoms with Crippen molar-refractivity contribution in [1.29, 1.82) is 0 Å². The lowest BCUT2D eigenvalue weighted by Crippen LogP contribution is -2.24. The van der Waals surface area contributed by atoms with Crippen molar-refractivity contribution >= 4 is 35.2 Å². The number of carbonyl (C=O) groups excluding carboxylic acids is 3. The first-order valence-corrected chi connectivity index (χ1v) is 12.9. The average Bonchev–Trinajstić information content (AvgIpc) is 3.59. The number of benzene rings is 2. The third-order valence-electron chi connectivity index (χ3n) is 5.47. The Hall–Kier alpha value is -4.38. The van der Waals surface area contributed by atoms with Gasteiger partial charge in [-0.05, 0) is 74.4 Å². The van der Waals surface area contributed by atoms with Gasteiger partial charge in [0, 0.05) is 5.69 Å². The summed E-state index contributed by atoms with van der Waals surface area (Å²) >= 11 is 1.22. The molecular formula is C27H27N5O5S. The highest BCUT2D eigenvalue weighted by atomic mass is 32.2. The van der Waals surface area contributed by atoms with Crippen LogP contribution in [0, 0.1) is 13.8 Å². The molecule has 2 heterocycles. The number of esters is 1. The van der Waals surface area contributed by atoms with Gasteiger partial charge in [-0.3, -0.25) is 14.2 Å². The molecule has 0 bridgehead atoms. The minimum absolute atomic E-state index is 0.0708. The Morgan fingerprint density at radius 2 is 1.84 bits per heavy atom. The Kier molecular flexibility index (Phi) is 8.59. The molecule has 196 valence electrons. The fourth-order valence-electron chi connectivity index (χ4n) is 3.60. The summed E-state index contributed by atoms with van der Waals surface area (Å²) in [6.07, 6.45) is 1.43.